The molecule has 0 amide bonds. The molecule has 0 unspecified atom stereocenters. The maximum Gasteiger partial charge on any atom is 0.266 e. The minimum atomic E-state index is -3.88. The summed E-state index contributed by atoms with van der Waals surface area (Å²) in [6.07, 6.45) is 0. The maximum absolute atomic E-state index is 10.4. The van der Waals surface area contributed by atoms with Crippen molar-refractivity contribution in [1.82, 2.24) is 5.32 Å². The van der Waals surface area contributed by atoms with E-state index in [1.807, 2.05) is 13.8 Å². The molecule has 0 rings (SSSR count). The summed E-state index contributed by atoms with van der Waals surface area (Å²) in [4.78, 5) is 0. The van der Waals surface area contributed by atoms with Crippen molar-refractivity contribution in [2.45, 2.75) is 13.8 Å². The number of nitrogens with one attached hydrogen (secondary N) is 1. The van der Waals surface area contributed by atoms with E-state index in [4.69, 9.17) is 23.5 Å². The van der Waals surface area contributed by atoms with Crippen LogP contribution in [-0.4, -0.2) is 85.2 Å². The number of hydrogen-bond acceptors (Lipinski definition) is 7. The van der Waals surface area contributed by atoms with E-state index in [1.165, 1.54) is 0 Å². The first kappa shape index (κ1) is 24.0. The highest BCUT2D eigenvalue weighted by Gasteiger charge is 2.02. The van der Waals surface area contributed by atoms with Gasteiger partial charge < -0.3 is 24.3 Å². The minimum Gasteiger partial charge on any atom is -0.382 e. The first-order valence-corrected chi connectivity index (χ1v) is 9.05. The molecule has 0 fully saturated rings. The van der Waals surface area contributed by atoms with Crippen LogP contribution in [0, 0.1) is 0 Å². The van der Waals surface area contributed by atoms with E-state index in [9.17, 15) is 8.42 Å². The molecule has 2 N–H and O–H groups in total. The van der Waals surface area contributed by atoms with Gasteiger partial charge in [0.15, 0.2) is 0 Å². The number of hydrogen-bond donors (Lipinski definition) is 2. The summed E-state index contributed by atoms with van der Waals surface area (Å²) in [5.41, 5.74) is 0. The Morgan fingerprint density at radius 3 is 1.77 bits per heavy atom. The largest absolute Gasteiger partial charge is 0.382 e. The molecule has 8 nitrogen and oxygen atoms in total. The summed E-state index contributed by atoms with van der Waals surface area (Å²) < 4.78 is 49.8. The predicted octanol–water partition coefficient (Wildman–Crippen LogP) is 0.432. The van der Waals surface area contributed by atoms with Gasteiger partial charge in [-0.05, 0) is 0 Å². The van der Waals surface area contributed by atoms with Crippen molar-refractivity contribution in [2.24, 2.45) is 0 Å². The second-order valence-corrected chi connectivity index (χ2v) is 5.44. The lowest BCUT2D eigenvalue weighted by atomic mass is 10.6. The van der Waals surface area contributed by atoms with Crippen LogP contribution in [0.1, 0.15) is 15.3 Å². The maximum atomic E-state index is 10.4. The van der Waals surface area contributed by atoms with Crippen LogP contribution in [0.15, 0.2) is 0 Å². The predicted molar refractivity (Wildman–Crippen MR) is 87.1 cm³/mol. The van der Waals surface area contributed by atoms with Crippen molar-refractivity contribution in [2.75, 3.05) is 72.2 Å². The molecule has 0 aliphatic rings. The fraction of sp³-hybridized carbons (Fsp3) is 1.00. The van der Waals surface area contributed by atoms with Crippen molar-refractivity contribution in [3.05, 3.63) is 0 Å². The summed E-state index contributed by atoms with van der Waals surface area (Å²) >= 11 is 0. The average Bonchev–Trinajstić information content (AvgIpc) is 2.48. The molecular formula is C13H33NO7S. The quantitative estimate of drug-likeness (QED) is 0.325. The molecule has 0 saturated carbocycles. The van der Waals surface area contributed by atoms with Crippen LogP contribution >= 0.6 is 0 Å². The Morgan fingerprint density at radius 2 is 1.32 bits per heavy atom. The Morgan fingerprint density at radius 1 is 0.864 bits per heavy atom. The third kappa shape index (κ3) is 24.7. The number of methoxy groups -OCH3 is 1. The summed E-state index contributed by atoms with van der Waals surface area (Å²) in [6, 6.07) is 0. The SMILES string of the molecule is CC.COCCOCCOCCOCCNCCS(=O)(=O)O.[HH]. The first-order valence-electron chi connectivity index (χ1n) is 7.44. The van der Waals surface area contributed by atoms with E-state index in [0.717, 1.165) is 0 Å². The zero-order chi connectivity index (χ0) is 17.1. The van der Waals surface area contributed by atoms with E-state index >= 15 is 0 Å². The minimum absolute atomic E-state index is 0. The van der Waals surface area contributed by atoms with Gasteiger partial charge in [-0.15, -0.1) is 0 Å². The lowest BCUT2D eigenvalue weighted by Gasteiger charge is -2.07. The van der Waals surface area contributed by atoms with Gasteiger partial charge in [-0.3, -0.25) is 4.55 Å². The van der Waals surface area contributed by atoms with Gasteiger partial charge in [0.2, 0.25) is 0 Å². The van der Waals surface area contributed by atoms with Crippen LogP contribution in [0.2, 0.25) is 0 Å². The highest BCUT2D eigenvalue weighted by molar-refractivity contribution is 7.85. The molecule has 138 valence electrons. The third-order valence-electron chi connectivity index (χ3n) is 2.14. The third-order valence-corrected chi connectivity index (χ3v) is 2.86. The topological polar surface area (TPSA) is 103 Å². The molecule has 9 heteroatoms. The Labute approximate surface area is 135 Å². The highest BCUT2D eigenvalue weighted by atomic mass is 32.2. The first-order chi connectivity index (χ1) is 10.6. The number of rotatable bonds is 15. The summed E-state index contributed by atoms with van der Waals surface area (Å²) in [6.45, 7) is 8.32. The molecule has 0 aliphatic heterocycles. The van der Waals surface area contributed by atoms with Crippen LogP contribution in [0.4, 0.5) is 0 Å². The smallest absolute Gasteiger partial charge is 0.266 e. The van der Waals surface area contributed by atoms with Gasteiger partial charge in [0.05, 0.1) is 52.0 Å². The molecule has 0 aliphatic carbocycles. The molecule has 0 saturated heterocycles. The van der Waals surface area contributed by atoms with Gasteiger partial charge in [0.25, 0.3) is 10.1 Å². The fourth-order valence-corrected chi connectivity index (χ4v) is 1.56. The Balaban J connectivity index is -0.00000128. The van der Waals surface area contributed by atoms with E-state index in [-0.39, 0.29) is 13.7 Å². The molecule has 0 aromatic heterocycles. The Hall–Kier alpha value is -0.290. The highest BCUT2D eigenvalue weighted by Crippen LogP contribution is 1.82. The van der Waals surface area contributed by atoms with Crippen molar-refractivity contribution < 1.29 is 33.3 Å². The van der Waals surface area contributed by atoms with Gasteiger partial charge >= 0.3 is 0 Å². The Kier molecular flexibility index (Phi) is 20.4. The lowest BCUT2D eigenvalue weighted by Crippen LogP contribution is -2.26. The summed E-state index contributed by atoms with van der Waals surface area (Å²) in [5, 5.41) is 2.84. The monoisotopic (exact) mass is 347 g/mol. The van der Waals surface area contributed by atoms with Gasteiger partial charge in [0, 0.05) is 21.6 Å². The second-order valence-electron chi connectivity index (χ2n) is 3.87. The van der Waals surface area contributed by atoms with Crippen molar-refractivity contribution in [3.63, 3.8) is 0 Å². The van der Waals surface area contributed by atoms with Gasteiger partial charge in [0.1, 0.15) is 0 Å². The zero-order valence-electron chi connectivity index (χ0n) is 13.9. The van der Waals surface area contributed by atoms with E-state index in [1.54, 1.807) is 7.11 Å². The van der Waals surface area contributed by atoms with Gasteiger partial charge in [-0.2, -0.15) is 8.42 Å². The normalized spacial score (nSPS) is 11.1. The molecule has 0 aromatic rings. The van der Waals surface area contributed by atoms with Crippen LogP contribution in [-0.2, 0) is 29.1 Å². The average molecular weight is 347 g/mol. The van der Waals surface area contributed by atoms with Crippen molar-refractivity contribution >= 4 is 10.1 Å². The molecule has 0 spiro atoms. The molecule has 0 bridgehead atoms. The molecule has 0 aromatic carbocycles. The Bertz CT molecular complexity index is 305. The van der Waals surface area contributed by atoms with Gasteiger partial charge in [-0.25, -0.2) is 0 Å². The second kappa shape index (κ2) is 18.8. The van der Waals surface area contributed by atoms with Crippen LogP contribution in [0.25, 0.3) is 0 Å². The van der Waals surface area contributed by atoms with Crippen LogP contribution in [0.3, 0.4) is 0 Å². The number of ether oxygens (including phenoxy) is 4. The summed E-state index contributed by atoms with van der Waals surface area (Å²) in [7, 11) is -2.26. The molecule has 0 heterocycles. The van der Waals surface area contributed by atoms with E-state index in [2.05, 4.69) is 5.32 Å². The molecule has 0 atom stereocenters. The summed E-state index contributed by atoms with van der Waals surface area (Å²) in [5.74, 6) is -0.292. The molecular weight excluding hydrogens is 314 g/mol. The van der Waals surface area contributed by atoms with Gasteiger partial charge in [-0.1, -0.05) is 13.8 Å². The van der Waals surface area contributed by atoms with E-state index in [0.29, 0.717) is 52.8 Å². The molecule has 22 heavy (non-hydrogen) atoms. The van der Waals surface area contributed by atoms with E-state index < -0.39 is 10.1 Å². The van der Waals surface area contributed by atoms with Crippen LogP contribution < -0.4 is 5.32 Å². The standard InChI is InChI=1S/C11H25NO7S.C2H6.H2/c1-16-5-6-18-9-10-19-8-7-17-4-2-12-3-11-20(13,14)15;1-2;/h12H,2-11H2,1H3,(H,13,14,15);1-2H3;1H. The van der Waals surface area contributed by atoms with Crippen molar-refractivity contribution in [3.8, 4) is 0 Å². The van der Waals surface area contributed by atoms with Crippen LogP contribution in [0.5, 0.6) is 0 Å². The zero-order valence-corrected chi connectivity index (χ0v) is 14.7. The lowest BCUT2D eigenvalue weighted by molar-refractivity contribution is 0.00414. The van der Waals surface area contributed by atoms with Crippen molar-refractivity contribution in [1.29, 1.82) is 0 Å². The fourth-order valence-electron chi connectivity index (χ4n) is 1.15. The molecule has 0 radical (unpaired) electrons.